The van der Waals surface area contributed by atoms with Gasteiger partial charge in [0, 0.05) is 16.3 Å². The third-order valence-corrected chi connectivity index (χ3v) is 9.66. The largest absolute Gasteiger partial charge is 0.325 e. The molecule has 0 bridgehead atoms. The Kier molecular flexibility index (Phi) is 8.63. The van der Waals surface area contributed by atoms with Gasteiger partial charge in [0.25, 0.3) is 20.0 Å². The molecule has 0 radical (unpaired) electrons. The van der Waals surface area contributed by atoms with Crippen LogP contribution in [-0.2, 0) is 24.8 Å². The Morgan fingerprint density at radius 2 is 1.33 bits per heavy atom. The standard InChI is InChI=1S/C28H27N3O5S3/c1-21-8-12-24(13-9-21)31(39(35,36)27-18-14-25(37-2)15-19-27)20-28(32)29-22-10-16-26(17-11-22)38(33,34)30-23-6-4-3-5-7-23/h3-19,30H,20H2,1-2H3,(H,29,32). The number of carbonyl (C=O) groups excluding carboxylic acids is 1. The zero-order valence-electron chi connectivity index (χ0n) is 21.2. The number of thioether (sulfide) groups is 1. The fourth-order valence-corrected chi connectivity index (χ4v) is 6.56. The van der Waals surface area contributed by atoms with Gasteiger partial charge in [-0.05, 0) is 86.0 Å². The highest BCUT2D eigenvalue weighted by Gasteiger charge is 2.27. The van der Waals surface area contributed by atoms with Gasteiger partial charge in [-0.1, -0.05) is 35.9 Å². The minimum atomic E-state index is -4.06. The smallest absolute Gasteiger partial charge is 0.264 e. The lowest BCUT2D eigenvalue weighted by molar-refractivity contribution is -0.114. The second kappa shape index (κ2) is 11.9. The molecule has 4 aromatic rings. The van der Waals surface area contributed by atoms with Crippen LogP contribution < -0.4 is 14.3 Å². The lowest BCUT2D eigenvalue weighted by Crippen LogP contribution is -2.38. The van der Waals surface area contributed by atoms with Crippen LogP contribution in [0.4, 0.5) is 17.1 Å². The van der Waals surface area contributed by atoms with E-state index < -0.39 is 32.5 Å². The Balaban J connectivity index is 1.53. The van der Waals surface area contributed by atoms with E-state index in [4.69, 9.17) is 0 Å². The summed E-state index contributed by atoms with van der Waals surface area (Å²) in [7, 11) is -7.88. The zero-order chi connectivity index (χ0) is 28.0. The molecule has 0 unspecified atom stereocenters. The van der Waals surface area contributed by atoms with Gasteiger partial charge in [-0.2, -0.15) is 0 Å². The van der Waals surface area contributed by atoms with Crippen LogP contribution in [0, 0.1) is 6.92 Å². The first-order valence-corrected chi connectivity index (χ1v) is 15.9. The summed E-state index contributed by atoms with van der Waals surface area (Å²) in [5, 5.41) is 2.66. The van der Waals surface area contributed by atoms with Crippen molar-refractivity contribution in [1.82, 2.24) is 0 Å². The number of anilines is 3. The van der Waals surface area contributed by atoms with Crippen molar-refractivity contribution < 1.29 is 21.6 Å². The first-order valence-electron chi connectivity index (χ1n) is 11.8. The Bertz CT molecular complexity index is 1640. The molecule has 4 rings (SSSR count). The Morgan fingerprint density at radius 3 is 1.92 bits per heavy atom. The summed E-state index contributed by atoms with van der Waals surface area (Å²) in [6.07, 6.45) is 1.90. The van der Waals surface area contributed by atoms with Crippen molar-refractivity contribution in [3.8, 4) is 0 Å². The average Bonchev–Trinajstić information content (AvgIpc) is 2.93. The van der Waals surface area contributed by atoms with Crippen LogP contribution in [-0.4, -0.2) is 35.5 Å². The number of rotatable bonds is 10. The molecule has 2 N–H and O–H groups in total. The SMILES string of the molecule is CSc1ccc(S(=O)(=O)N(CC(=O)Nc2ccc(S(=O)(=O)Nc3ccccc3)cc2)c2ccc(C)cc2)cc1. The highest BCUT2D eigenvalue weighted by molar-refractivity contribution is 7.98. The zero-order valence-corrected chi connectivity index (χ0v) is 23.7. The summed E-state index contributed by atoms with van der Waals surface area (Å²) in [6, 6.07) is 27.4. The number of benzene rings is 4. The van der Waals surface area contributed by atoms with E-state index in [2.05, 4.69) is 10.0 Å². The number of para-hydroxylation sites is 1. The number of nitrogens with one attached hydrogen (secondary N) is 2. The number of carbonyl (C=O) groups is 1. The Hall–Kier alpha value is -3.80. The summed E-state index contributed by atoms with van der Waals surface area (Å²) in [5.74, 6) is -0.585. The summed E-state index contributed by atoms with van der Waals surface area (Å²) in [5.41, 5.74) is 2.04. The van der Waals surface area contributed by atoms with Crippen LogP contribution in [0.15, 0.2) is 118 Å². The number of hydrogen-bond donors (Lipinski definition) is 2. The van der Waals surface area contributed by atoms with E-state index in [1.54, 1.807) is 66.7 Å². The van der Waals surface area contributed by atoms with Crippen LogP contribution in [0.5, 0.6) is 0 Å². The first kappa shape index (κ1) is 28.2. The summed E-state index contributed by atoms with van der Waals surface area (Å²) in [6.45, 7) is 1.40. The minimum Gasteiger partial charge on any atom is -0.325 e. The second-order valence-electron chi connectivity index (χ2n) is 8.57. The van der Waals surface area contributed by atoms with Crippen molar-refractivity contribution >= 4 is 54.8 Å². The average molecular weight is 582 g/mol. The molecule has 0 saturated carbocycles. The number of amides is 1. The van der Waals surface area contributed by atoms with E-state index in [0.717, 1.165) is 14.8 Å². The molecule has 0 aliphatic rings. The van der Waals surface area contributed by atoms with E-state index in [9.17, 15) is 21.6 Å². The van der Waals surface area contributed by atoms with E-state index in [0.29, 0.717) is 17.1 Å². The third kappa shape index (κ3) is 6.99. The number of sulfonamides is 2. The summed E-state index contributed by atoms with van der Waals surface area (Å²) < 4.78 is 56.0. The fourth-order valence-electron chi connectivity index (χ4n) is 3.67. The normalized spacial score (nSPS) is 11.5. The lowest BCUT2D eigenvalue weighted by Gasteiger charge is -2.24. The highest BCUT2D eigenvalue weighted by Crippen LogP contribution is 2.26. The molecular weight excluding hydrogens is 555 g/mol. The number of nitrogens with zero attached hydrogens (tertiary/aromatic N) is 1. The van der Waals surface area contributed by atoms with Gasteiger partial charge in [0.2, 0.25) is 5.91 Å². The van der Waals surface area contributed by atoms with Crippen molar-refractivity contribution in [2.24, 2.45) is 0 Å². The predicted molar refractivity (Wildman–Crippen MR) is 156 cm³/mol. The topological polar surface area (TPSA) is 113 Å². The van der Waals surface area contributed by atoms with Crippen molar-refractivity contribution in [3.05, 3.63) is 109 Å². The maximum Gasteiger partial charge on any atom is 0.264 e. The van der Waals surface area contributed by atoms with Crippen molar-refractivity contribution in [2.45, 2.75) is 21.6 Å². The lowest BCUT2D eigenvalue weighted by atomic mass is 10.2. The molecule has 0 fully saturated rings. The van der Waals surface area contributed by atoms with Gasteiger partial charge in [0.15, 0.2) is 0 Å². The quantitative estimate of drug-likeness (QED) is 0.244. The van der Waals surface area contributed by atoms with Gasteiger partial charge in [0.05, 0.1) is 15.5 Å². The molecule has 4 aromatic carbocycles. The van der Waals surface area contributed by atoms with E-state index in [1.807, 2.05) is 13.2 Å². The van der Waals surface area contributed by atoms with Crippen molar-refractivity contribution in [2.75, 3.05) is 27.1 Å². The molecule has 0 heterocycles. The van der Waals surface area contributed by atoms with Gasteiger partial charge >= 0.3 is 0 Å². The van der Waals surface area contributed by atoms with Crippen LogP contribution >= 0.6 is 11.8 Å². The molecule has 202 valence electrons. The monoisotopic (exact) mass is 581 g/mol. The van der Waals surface area contributed by atoms with Crippen LogP contribution in [0.2, 0.25) is 0 Å². The van der Waals surface area contributed by atoms with Gasteiger partial charge in [-0.15, -0.1) is 11.8 Å². The molecule has 0 aliphatic heterocycles. The van der Waals surface area contributed by atoms with E-state index >= 15 is 0 Å². The summed E-state index contributed by atoms with van der Waals surface area (Å²) in [4.78, 5) is 14.0. The van der Waals surface area contributed by atoms with Crippen LogP contribution in [0.3, 0.4) is 0 Å². The molecule has 11 heteroatoms. The fraction of sp³-hybridized carbons (Fsp3) is 0.107. The van der Waals surface area contributed by atoms with Gasteiger partial charge < -0.3 is 5.32 Å². The third-order valence-electron chi connectivity index (χ3n) is 5.73. The van der Waals surface area contributed by atoms with Crippen LogP contribution in [0.1, 0.15) is 5.56 Å². The van der Waals surface area contributed by atoms with Crippen molar-refractivity contribution in [1.29, 1.82) is 0 Å². The molecule has 39 heavy (non-hydrogen) atoms. The van der Waals surface area contributed by atoms with E-state index in [-0.39, 0.29) is 9.79 Å². The molecule has 0 spiro atoms. The van der Waals surface area contributed by atoms with Crippen LogP contribution in [0.25, 0.3) is 0 Å². The Labute approximate surface area is 233 Å². The van der Waals surface area contributed by atoms with E-state index in [1.165, 1.54) is 48.2 Å². The van der Waals surface area contributed by atoms with Gasteiger partial charge in [-0.3, -0.25) is 13.8 Å². The molecule has 0 saturated heterocycles. The molecular formula is C28H27N3O5S3. The maximum absolute atomic E-state index is 13.6. The Morgan fingerprint density at radius 1 is 0.744 bits per heavy atom. The van der Waals surface area contributed by atoms with Crippen molar-refractivity contribution in [3.63, 3.8) is 0 Å². The first-order chi connectivity index (χ1) is 18.6. The highest BCUT2D eigenvalue weighted by atomic mass is 32.2. The molecule has 0 aliphatic carbocycles. The molecule has 8 nitrogen and oxygen atoms in total. The summed E-state index contributed by atoms with van der Waals surface area (Å²) >= 11 is 1.49. The number of hydrogen-bond acceptors (Lipinski definition) is 6. The molecule has 0 aromatic heterocycles. The molecule has 1 amide bonds. The molecule has 0 atom stereocenters. The minimum absolute atomic E-state index is 0.0156. The predicted octanol–water partition coefficient (Wildman–Crippen LogP) is 5.35. The van der Waals surface area contributed by atoms with Gasteiger partial charge in [-0.25, -0.2) is 16.8 Å². The number of aryl methyl sites for hydroxylation is 1. The van der Waals surface area contributed by atoms with Gasteiger partial charge in [0.1, 0.15) is 6.54 Å². The second-order valence-corrected chi connectivity index (χ2v) is 13.0. The maximum atomic E-state index is 13.6.